The first-order chi connectivity index (χ1) is 8.91. The van der Waals surface area contributed by atoms with E-state index in [0.717, 1.165) is 0 Å². The van der Waals surface area contributed by atoms with Gasteiger partial charge in [0.15, 0.2) is 5.58 Å². The van der Waals surface area contributed by atoms with Crippen molar-refractivity contribution in [1.82, 2.24) is 0 Å². The van der Waals surface area contributed by atoms with Crippen molar-refractivity contribution in [2.45, 2.75) is 0 Å². The first kappa shape index (κ1) is 5.92. The smallest absolute Gasteiger partial charge is 0.154 e. The van der Waals surface area contributed by atoms with Crippen molar-refractivity contribution in [3.63, 3.8) is 0 Å². The molecule has 0 N–H and O–H groups in total. The Morgan fingerprint density at radius 1 is 1.33 bits per heavy atom. The highest BCUT2D eigenvalue weighted by Gasteiger charge is 2.11. The molecule has 0 atom stereocenters. The number of halogens is 2. The van der Waals surface area contributed by atoms with Crippen LogP contribution in [0.5, 0.6) is 0 Å². The van der Waals surface area contributed by atoms with E-state index in [0.29, 0.717) is 20.8 Å². The van der Waals surface area contributed by atoms with Crippen LogP contribution in [0.1, 0.15) is 5.48 Å². The molecule has 0 bridgehead atoms. The van der Waals surface area contributed by atoms with Crippen LogP contribution in [-0.4, -0.2) is 0 Å². The number of hydrogen-bond donors (Lipinski definition) is 0. The van der Waals surface area contributed by atoms with Gasteiger partial charge in [-0.15, -0.1) is 0 Å². The van der Waals surface area contributed by atoms with E-state index in [-0.39, 0.29) is 34.8 Å². The molecule has 2 aromatic carbocycles. The van der Waals surface area contributed by atoms with Crippen LogP contribution in [0.2, 0.25) is 5.02 Å². The largest absolute Gasteiger partial charge is 0.454 e. The molecule has 0 fully saturated rings. The molecule has 1 heterocycles. The van der Waals surface area contributed by atoms with Crippen LogP contribution in [-0.2, 0) is 0 Å². The summed E-state index contributed by atoms with van der Waals surface area (Å²) in [5.74, 6) is 0. The zero-order valence-electron chi connectivity index (χ0n) is 11.3. The highest BCUT2D eigenvalue weighted by molar-refractivity contribution is 9.10. The third kappa shape index (κ3) is 1.29. The fraction of sp³-hybridized carbons (Fsp3) is 0. The van der Waals surface area contributed by atoms with Gasteiger partial charge in [-0.25, -0.2) is 0 Å². The van der Waals surface area contributed by atoms with E-state index in [1.54, 1.807) is 0 Å². The standard InChI is InChI=1S/C12H6BrClO/c13-8-4-2-6-10-11(8)7-3-1-5-9(14)12(7)15-10/h1-6H/i1D,4D,5D,6D. The molecule has 3 heteroatoms. The minimum absolute atomic E-state index is 0.0194. The normalized spacial score (nSPS) is 15.1. The zero-order valence-corrected chi connectivity index (χ0v) is 9.66. The highest BCUT2D eigenvalue weighted by Crippen LogP contribution is 2.36. The number of hydrogen-bond acceptors (Lipinski definition) is 1. The average Bonchev–Trinajstić information content (AvgIpc) is 2.73. The average molecular weight is 286 g/mol. The molecule has 0 saturated carbocycles. The zero-order chi connectivity index (χ0) is 13.9. The van der Waals surface area contributed by atoms with Crippen molar-refractivity contribution in [1.29, 1.82) is 0 Å². The molecule has 3 rings (SSSR count). The molecule has 0 radical (unpaired) electrons. The predicted molar refractivity (Wildman–Crippen MR) is 66.4 cm³/mol. The van der Waals surface area contributed by atoms with Gasteiger partial charge >= 0.3 is 0 Å². The molecular formula is C12H6BrClO. The minimum Gasteiger partial charge on any atom is -0.454 e. The third-order valence-electron chi connectivity index (χ3n) is 2.16. The Balaban J connectivity index is 2.66. The Morgan fingerprint density at radius 2 is 2.20 bits per heavy atom. The van der Waals surface area contributed by atoms with E-state index >= 15 is 0 Å². The van der Waals surface area contributed by atoms with Gasteiger partial charge < -0.3 is 4.42 Å². The molecule has 0 saturated heterocycles. The summed E-state index contributed by atoms with van der Waals surface area (Å²) in [6.45, 7) is 0. The van der Waals surface area contributed by atoms with Crippen LogP contribution in [0.15, 0.2) is 45.2 Å². The van der Waals surface area contributed by atoms with Gasteiger partial charge in [0.2, 0.25) is 0 Å². The van der Waals surface area contributed by atoms with E-state index in [1.807, 2.05) is 0 Å². The number of benzene rings is 2. The van der Waals surface area contributed by atoms with Crippen LogP contribution in [0, 0.1) is 0 Å². The number of furan rings is 1. The topological polar surface area (TPSA) is 13.1 Å². The highest BCUT2D eigenvalue weighted by atomic mass is 79.9. The molecule has 15 heavy (non-hydrogen) atoms. The van der Waals surface area contributed by atoms with Crippen molar-refractivity contribution in [3.8, 4) is 0 Å². The molecule has 3 aromatic rings. The van der Waals surface area contributed by atoms with Gasteiger partial charge in [-0.1, -0.05) is 45.7 Å². The lowest BCUT2D eigenvalue weighted by Crippen LogP contribution is -1.68. The fourth-order valence-electron chi connectivity index (χ4n) is 1.53. The molecule has 1 nitrogen and oxygen atoms in total. The molecule has 0 amide bonds. The maximum atomic E-state index is 7.84. The van der Waals surface area contributed by atoms with Crippen LogP contribution in [0.4, 0.5) is 0 Å². The summed E-state index contributed by atoms with van der Waals surface area (Å²) in [6.07, 6.45) is 0. The van der Waals surface area contributed by atoms with Gasteiger partial charge in [-0.3, -0.25) is 0 Å². The lowest BCUT2D eigenvalue weighted by molar-refractivity contribution is 0.669. The van der Waals surface area contributed by atoms with Crippen LogP contribution < -0.4 is 0 Å². The fourth-order valence-corrected chi connectivity index (χ4v) is 2.23. The first-order valence-electron chi connectivity index (χ1n) is 6.19. The second kappa shape index (κ2) is 3.26. The Labute approximate surface area is 105 Å². The van der Waals surface area contributed by atoms with Crippen molar-refractivity contribution in [2.75, 3.05) is 0 Å². The summed E-state index contributed by atoms with van der Waals surface area (Å²) in [5.41, 5.74) is 0.572. The van der Waals surface area contributed by atoms with E-state index in [9.17, 15) is 0 Å². The number of rotatable bonds is 0. The second-order valence-corrected chi connectivity index (χ2v) is 4.19. The van der Waals surface area contributed by atoms with Gasteiger partial charge in [-0.05, 0) is 18.1 Å². The first-order valence-corrected chi connectivity index (χ1v) is 5.36. The van der Waals surface area contributed by atoms with Crippen molar-refractivity contribution in [3.05, 3.63) is 45.8 Å². The molecule has 0 aliphatic carbocycles. The van der Waals surface area contributed by atoms with Crippen LogP contribution in [0.3, 0.4) is 0 Å². The minimum atomic E-state index is -0.109. The van der Waals surface area contributed by atoms with Gasteiger partial charge in [0, 0.05) is 15.2 Å². The summed E-state index contributed by atoms with van der Waals surface area (Å²) >= 11 is 9.32. The number of fused-ring (bicyclic) bond motifs is 3. The number of para-hydroxylation sites is 1. The quantitative estimate of drug-likeness (QED) is 0.566. The van der Waals surface area contributed by atoms with E-state index < -0.39 is 0 Å². The molecule has 0 spiro atoms. The van der Waals surface area contributed by atoms with E-state index in [1.165, 1.54) is 12.1 Å². The predicted octanol–water partition coefficient (Wildman–Crippen LogP) is 5.00. The van der Waals surface area contributed by atoms with Gasteiger partial charge in [0.25, 0.3) is 0 Å². The summed E-state index contributed by atoms with van der Waals surface area (Å²) in [5, 5.41) is 1.13. The van der Waals surface area contributed by atoms with E-state index in [2.05, 4.69) is 15.9 Å². The molecule has 1 aromatic heterocycles. The Bertz CT molecular complexity index is 843. The summed E-state index contributed by atoms with van der Waals surface area (Å²) < 4.78 is 37.0. The maximum Gasteiger partial charge on any atom is 0.154 e. The molecule has 0 aliphatic rings. The van der Waals surface area contributed by atoms with Gasteiger partial charge in [0.05, 0.1) is 10.5 Å². The van der Waals surface area contributed by atoms with E-state index in [4.69, 9.17) is 21.5 Å². The van der Waals surface area contributed by atoms with Crippen molar-refractivity contribution in [2.24, 2.45) is 0 Å². The SMILES string of the molecule is [2H]c1cc2c(oc3c([2H])cc([2H])c(Br)c32)c(Cl)c1[2H]. The van der Waals surface area contributed by atoms with Crippen molar-refractivity contribution < 1.29 is 9.90 Å². The maximum absolute atomic E-state index is 7.84. The summed E-state index contributed by atoms with van der Waals surface area (Å²) in [7, 11) is 0. The summed E-state index contributed by atoms with van der Waals surface area (Å²) in [4.78, 5) is 0. The molecule has 0 aliphatic heterocycles. The Morgan fingerprint density at radius 3 is 3.07 bits per heavy atom. The Hall–Kier alpha value is -0.990. The molecule has 0 unspecified atom stereocenters. The third-order valence-corrected chi connectivity index (χ3v) is 3.06. The summed E-state index contributed by atoms with van der Waals surface area (Å²) in [6, 6.07) is 2.95. The van der Waals surface area contributed by atoms with Crippen LogP contribution in [0.25, 0.3) is 21.9 Å². The lowest BCUT2D eigenvalue weighted by Gasteiger charge is -1.92. The monoisotopic (exact) mass is 284 g/mol. The van der Waals surface area contributed by atoms with Gasteiger partial charge in [-0.2, -0.15) is 0 Å². The lowest BCUT2D eigenvalue weighted by atomic mass is 10.1. The second-order valence-electron chi connectivity index (χ2n) is 3.02. The Kier molecular flexibility index (Phi) is 1.29. The molecule has 74 valence electrons. The molecular weight excluding hydrogens is 275 g/mol. The van der Waals surface area contributed by atoms with Crippen LogP contribution >= 0.6 is 27.5 Å². The van der Waals surface area contributed by atoms with Gasteiger partial charge in [0.1, 0.15) is 5.58 Å². The van der Waals surface area contributed by atoms with Crippen molar-refractivity contribution >= 4 is 49.5 Å².